The van der Waals surface area contributed by atoms with Crippen molar-refractivity contribution in [1.29, 1.82) is 0 Å². The van der Waals surface area contributed by atoms with Crippen molar-refractivity contribution in [3.8, 4) is 0 Å². The highest BCUT2D eigenvalue weighted by molar-refractivity contribution is 6.10. The highest BCUT2D eigenvalue weighted by atomic mass is 16.8. The smallest absolute Gasteiger partial charge is 0.329 e. The van der Waals surface area contributed by atoms with E-state index in [2.05, 4.69) is 4.99 Å². The van der Waals surface area contributed by atoms with Crippen molar-refractivity contribution in [2.24, 2.45) is 10.9 Å². The van der Waals surface area contributed by atoms with Crippen LogP contribution in [0.15, 0.2) is 29.3 Å². The predicted molar refractivity (Wildman–Crippen MR) is 70.1 cm³/mol. The quantitative estimate of drug-likeness (QED) is 0.357. The molecule has 8 heteroatoms. The second kappa shape index (κ2) is 5.60. The Bertz CT molecular complexity index is 559. The van der Waals surface area contributed by atoms with E-state index in [0.29, 0.717) is 5.69 Å². The van der Waals surface area contributed by atoms with Gasteiger partial charge in [0.1, 0.15) is 0 Å². The number of nitrogens with one attached hydrogen (secondary N) is 1. The molecule has 21 heavy (non-hydrogen) atoms. The molecule has 0 saturated carbocycles. The van der Waals surface area contributed by atoms with Crippen molar-refractivity contribution < 1.29 is 29.5 Å². The van der Waals surface area contributed by atoms with E-state index < -0.39 is 28.9 Å². The first kappa shape index (κ1) is 15.1. The summed E-state index contributed by atoms with van der Waals surface area (Å²) < 4.78 is 9.89. The molecule has 0 amide bonds. The number of hydrogen-bond donors (Lipinski definition) is 2. The minimum Gasteiger partial charge on any atom is -0.595 e. The van der Waals surface area contributed by atoms with Crippen LogP contribution in [-0.2, 0) is 19.1 Å². The summed E-state index contributed by atoms with van der Waals surface area (Å²) >= 11 is 0. The molecule has 2 N–H and O–H groups in total. The zero-order valence-corrected chi connectivity index (χ0v) is 11.4. The lowest BCUT2D eigenvalue weighted by Gasteiger charge is -2.31. The fraction of sp³-hybridized carbons (Fsp3) is 0.308. The Morgan fingerprint density at radius 2 is 1.76 bits per heavy atom. The summed E-state index contributed by atoms with van der Waals surface area (Å²) in [6.07, 6.45) is 1.12. The van der Waals surface area contributed by atoms with E-state index >= 15 is 0 Å². The minimum absolute atomic E-state index is 0.118. The van der Waals surface area contributed by atoms with Gasteiger partial charge in [-0.3, -0.25) is 14.6 Å². The second-order valence-electron chi connectivity index (χ2n) is 4.85. The maximum atomic E-state index is 11.7. The molecule has 1 aromatic carbocycles. The Morgan fingerprint density at radius 3 is 2.24 bits per heavy atom. The van der Waals surface area contributed by atoms with Gasteiger partial charge in [-0.25, -0.2) is 5.21 Å². The van der Waals surface area contributed by atoms with E-state index in [-0.39, 0.29) is 5.69 Å². The van der Waals surface area contributed by atoms with Gasteiger partial charge in [0.15, 0.2) is 11.6 Å². The Kier molecular flexibility index (Phi) is 4.03. The number of nitrogens with zero attached hydrogens (tertiary/aromatic N) is 1. The number of aliphatic imine (C=N–C) groups is 1. The standard InChI is InChI=1S/C13H14N2O6/c1-13(2)20-11(16)10(12(17)21-13)7-14-8-3-5-9(6-4-8)15(18)19/h3-7,10,15,18H,1-2H3. The number of hydrogen-bond acceptors (Lipinski definition) is 7. The van der Waals surface area contributed by atoms with Gasteiger partial charge in [0.25, 0.3) is 5.79 Å². The normalized spacial score (nSPS) is 20.2. The molecule has 0 spiro atoms. The number of ether oxygens (including phenoxy) is 2. The van der Waals surface area contributed by atoms with Crippen LogP contribution in [0.3, 0.4) is 0 Å². The first-order chi connectivity index (χ1) is 9.78. The van der Waals surface area contributed by atoms with Gasteiger partial charge >= 0.3 is 11.9 Å². The lowest BCUT2D eigenvalue weighted by Crippen LogP contribution is -2.99. The summed E-state index contributed by atoms with van der Waals surface area (Å²) in [5, 5.41) is 18.4. The predicted octanol–water partition coefficient (Wildman–Crippen LogP) is 0.245. The lowest BCUT2D eigenvalue weighted by molar-refractivity contribution is -0.991. The largest absolute Gasteiger partial charge is 0.595 e. The molecule has 1 fully saturated rings. The average Bonchev–Trinajstić information content (AvgIpc) is 2.36. The zero-order chi connectivity index (χ0) is 15.6. The van der Waals surface area contributed by atoms with Crippen LogP contribution in [0.4, 0.5) is 11.4 Å². The third kappa shape index (κ3) is 3.63. The highest BCUT2D eigenvalue weighted by Gasteiger charge is 2.42. The summed E-state index contributed by atoms with van der Waals surface area (Å²) in [5.74, 6) is -3.97. The van der Waals surface area contributed by atoms with Gasteiger partial charge in [-0.15, -0.1) is 0 Å². The fourth-order valence-corrected chi connectivity index (χ4v) is 1.70. The second-order valence-corrected chi connectivity index (χ2v) is 4.85. The first-order valence-electron chi connectivity index (χ1n) is 6.12. The number of carbonyl (C=O) groups excluding carboxylic acids is 2. The Hall–Kier alpha value is -2.29. The van der Waals surface area contributed by atoms with Crippen LogP contribution in [0.5, 0.6) is 0 Å². The van der Waals surface area contributed by atoms with Gasteiger partial charge in [-0.1, -0.05) is 0 Å². The Morgan fingerprint density at radius 1 is 1.24 bits per heavy atom. The molecular formula is C13H14N2O6. The summed E-state index contributed by atoms with van der Waals surface area (Å²) in [6.45, 7) is 2.92. The summed E-state index contributed by atoms with van der Waals surface area (Å²) in [4.78, 5) is 27.3. The van der Waals surface area contributed by atoms with E-state index in [4.69, 9.17) is 14.7 Å². The van der Waals surface area contributed by atoms with Crippen molar-refractivity contribution in [2.75, 3.05) is 0 Å². The van der Waals surface area contributed by atoms with Gasteiger partial charge in [0, 0.05) is 32.2 Å². The van der Waals surface area contributed by atoms with E-state index in [0.717, 1.165) is 6.21 Å². The summed E-state index contributed by atoms with van der Waals surface area (Å²) in [5.41, 5.74) is 0.526. The number of rotatable bonds is 3. The van der Waals surface area contributed by atoms with E-state index in [9.17, 15) is 14.8 Å². The van der Waals surface area contributed by atoms with Crippen molar-refractivity contribution >= 4 is 29.5 Å². The molecule has 2 rings (SSSR count). The average molecular weight is 294 g/mol. The van der Waals surface area contributed by atoms with E-state index in [1.54, 1.807) is 0 Å². The topological polar surface area (TPSA) is 113 Å². The van der Waals surface area contributed by atoms with E-state index in [1.165, 1.54) is 38.1 Å². The molecule has 1 aromatic rings. The van der Waals surface area contributed by atoms with Gasteiger partial charge in [0.2, 0.25) is 0 Å². The SMILES string of the molecule is CC1(C)OC(=O)C(C=Nc2ccc([NH+]([O-])O)cc2)C(=O)O1. The Labute approximate surface area is 120 Å². The fourth-order valence-electron chi connectivity index (χ4n) is 1.70. The molecule has 0 aromatic heterocycles. The molecule has 0 aliphatic carbocycles. The molecule has 112 valence electrons. The van der Waals surface area contributed by atoms with Gasteiger partial charge < -0.3 is 14.7 Å². The van der Waals surface area contributed by atoms with Crippen molar-refractivity contribution in [3.05, 3.63) is 29.5 Å². The molecule has 8 nitrogen and oxygen atoms in total. The minimum atomic E-state index is -1.28. The highest BCUT2D eigenvalue weighted by Crippen LogP contribution is 2.23. The number of quaternary nitrogens is 1. The molecule has 0 radical (unpaired) electrons. The molecule has 1 saturated heterocycles. The van der Waals surface area contributed by atoms with Crippen LogP contribution in [-0.4, -0.2) is 29.1 Å². The molecule has 0 bridgehead atoms. The lowest BCUT2D eigenvalue weighted by atomic mass is 10.1. The van der Waals surface area contributed by atoms with Crippen LogP contribution in [0.2, 0.25) is 0 Å². The molecule has 1 aliphatic heterocycles. The van der Waals surface area contributed by atoms with Crippen LogP contribution in [0.25, 0.3) is 0 Å². The van der Waals surface area contributed by atoms with E-state index in [1.807, 2.05) is 0 Å². The summed E-state index contributed by atoms with van der Waals surface area (Å²) in [7, 11) is 0. The van der Waals surface area contributed by atoms with Crippen molar-refractivity contribution in [1.82, 2.24) is 0 Å². The zero-order valence-electron chi connectivity index (χ0n) is 11.4. The van der Waals surface area contributed by atoms with Gasteiger partial charge in [0.05, 0.1) is 5.69 Å². The van der Waals surface area contributed by atoms with Crippen LogP contribution in [0, 0.1) is 11.1 Å². The molecule has 1 heterocycles. The first-order valence-corrected chi connectivity index (χ1v) is 6.12. The Balaban J connectivity index is 2.10. The molecule has 1 atom stereocenters. The monoisotopic (exact) mass is 294 g/mol. The maximum Gasteiger partial charge on any atom is 0.329 e. The summed E-state index contributed by atoms with van der Waals surface area (Å²) in [6, 6.07) is 5.66. The number of cyclic esters (lactones) is 2. The van der Waals surface area contributed by atoms with Crippen LogP contribution < -0.4 is 5.23 Å². The number of carbonyl (C=O) groups is 2. The van der Waals surface area contributed by atoms with Crippen molar-refractivity contribution in [3.63, 3.8) is 0 Å². The van der Waals surface area contributed by atoms with Crippen molar-refractivity contribution in [2.45, 2.75) is 19.6 Å². The molecular weight excluding hydrogens is 280 g/mol. The van der Waals surface area contributed by atoms with Crippen LogP contribution in [0.1, 0.15) is 13.8 Å². The maximum absolute atomic E-state index is 11.7. The van der Waals surface area contributed by atoms with Crippen LogP contribution >= 0.6 is 0 Å². The third-order valence-electron chi connectivity index (χ3n) is 2.69. The molecule has 1 aliphatic rings. The molecule has 1 unspecified atom stereocenters. The van der Waals surface area contributed by atoms with Gasteiger partial charge in [-0.05, 0) is 12.1 Å². The third-order valence-corrected chi connectivity index (χ3v) is 2.69. The number of esters is 2. The number of benzene rings is 1. The van der Waals surface area contributed by atoms with Gasteiger partial charge in [-0.2, -0.15) is 5.23 Å².